The lowest BCUT2D eigenvalue weighted by atomic mass is 9.96. The highest BCUT2D eigenvalue weighted by Crippen LogP contribution is 2.33. The molecule has 0 bridgehead atoms. The summed E-state index contributed by atoms with van der Waals surface area (Å²) in [6, 6.07) is -1.01. The molecule has 0 aromatic rings. The van der Waals surface area contributed by atoms with Gasteiger partial charge in [-0.2, -0.15) is 0 Å². The van der Waals surface area contributed by atoms with Gasteiger partial charge in [0.1, 0.15) is 73.2 Å². The highest BCUT2D eigenvalue weighted by molar-refractivity contribution is 5.76. The summed E-state index contributed by atoms with van der Waals surface area (Å²) in [4.78, 5) is 13.5. The number of aliphatic hydroxyl groups excluding tert-OH is 11. The highest BCUT2D eigenvalue weighted by Gasteiger charge is 2.54. The molecule has 3 aliphatic heterocycles. The molecule has 17 atom stereocenters. The molecule has 0 radical (unpaired) electrons. The number of hydrogen-bond acceptors (Lipinski definition) is 18. The minimum atomic E-state index is -1.99. The standard InChI is InChI=1S/C91H151NO18/c1-3-5-7-9-11-13-15-17-19-21-23-25-27-29-30-31-32-33-34-35-36-37-38-39-40-41-42-43-44-45-47-49-51-53-55-57-59-61-63-65-67-69-79(97)92-74(75(96)68-66-64-62-60-58-56-54-52-50-48-46-28-26-24-22-20-18-16-14-12-10-8-6-4-2)73-105-89-85(103)82(100)87(77(71-94)107-89)110-91-86(104)83(101)88(78(72-95)108-91)109-90-84(102)81(99)80(98)76(70-93)106-90/h5,7,11,13,17,19,23,25,29-30,32-33,35-36,38-39,41-42,44-45,50,52,58,60,66,68,74-78,80-91,93-96,98-104H,3-4,6,8-10,12,14-16,18,20-22,24,26-28,31,34,37,40,43,46-49,51,53-57,59,61-65,67,69-73H2,1-2H3,(H,92,97)/b7-5-,13-11-,19-17-,25-23-,30-29-,33-32-,36-35-,39-38-,42-41-,45-44-,52-50+,60-58+,68-66+. The van der Waals surface area contributed by atoms with Crippen LogP contribution >= 0.6 is 0 Å². The number of carbonyl (C=O) groups is 1. The molecule has 1 amide bonds. The molecule has 0 aliphatic carbocycles. The molecular weight excluding hydrogens is 1390 g/mol. The van der Waals surface area contributed by atoms with Gasteiger partial charge in [0, 0.05) is 6.42 Å². The second kappa shape index (κ2) is 68.8. The van der Waals surface area contributed by atoms with Crippen molar-refractivity contribution in [2.45, 2.75) is 381 Å². The molecule has 17 unspecified atom stereocenters. The van der Waals surface area contributed by atoms with E-state index in [1.165, 1.54) is 122 Å². The summed E-state index contributed by atoms with van der Waals surface area (Å²) in [7, 11) is 0. The van der Waals surface area contributed by atoms with Crippen LogP contribution in [0.25, 0.3) is 0 Å². The van der Waals surface area contributed by atoms with Crippen LogP contribution < -0.4 is 5.32 Å². The van der Waals surface area contributed by atoms with Crippen LogP contribution in [-0.2, 0) is 33.2 Å². The minimum absolute atomic E-state index is 0.217. The third-order valence-electron chi connectivity index (χ3n) is 20.0. The summed E-state index contributed by atoms with van der Waals surface area (Å²) in [6.07, 6.45) is 75.1. The first kappa shape index (κ1) is 99.6. The molecule has 3 fully saturated rings. The fourth-order valence-electron chi connectivity index (χ4n) is 13.3. The molecule has 3 rings (SSSR count). The Labute approximate surface area is 663 Å². The molecule has 12 N–H and O–H groups in total. The number of hydrogen-bond donors (Lipinski definition) is 12. The molecule has 0 aromatic heterocycles. The number of carbonyl (C=O) groups excluding carboxylic acids is 1. The van der Waals surface area contributed by atoms with Crippen LogP contribution in [0.5, 0.6) is 0 Å². The molecule has 0 spiro atoms. The summed E-state index contributed by atoms with van der Waals surface area (Å²) in [5, 5.41) is 121. The van der Waals surface area contributed by atoms with E-state index in [9.17, 15) is 61.0 Å². The zero-order chi connectivity index (χ0) is 79.5. The average molecular weight is 1550 g/mol. The van der Waals surface area contributed by atoms with Gasteiger partial charge in [-0.15, -0.1) is 0 Å². The molecule has 19 nitrogen and oxygen atoms in total. The summed E-state index contributed by atoms with van der Waals surface area (Å²) < 4.78 is 34.4. The van der Waals surface area contributed by atoms with Gasteiger partial charge in [0.15, 0.2) is 18.9 Å². The lowest BCUT2D eigenvalue weighted by Gasteiger charge is -2.48. The van der Waals surface area contributed by atoms with Gasteiger partial charge < -0.3 is 89.9 Å². The lowest BCUT2D eigenvalue weighted by Crippen LogP contribution is -2.66. The van der Waals surface area contributed by atoms with E-state index in [1.54, 1.807) is 6.08 Å². The Morgan fingerprint density at radius 3 is 1.02 bits per heavy atom. The maximum absolute atomic E-state index is 13.5. The predicted octanol–water partition coefficient (Wildman–Crippen LogP) is 15.6. The summed E-state index contributed by atoms with van der Waals surface area (Å²) in [6.45, 7) is 1.60. The van der Waals surface area contributed by atoms with Crippen LogP contribution in [0.4, 0.5) is 0 Å². The fourth-order valence-corrected chi connectivity index (χ4v) is 13.3. The molecule has 0 aromatic carbocycles. The summed E-state index contributed by atoms with van der Waals surface area (Å²) in [5.41, 5.74) is 0. The van der Waals surface area contributed by atoms with Crippen LogP contribution in [0.2, 0.25) is 0 Å². The van der Waals surface area contributed by atoms with E-state index >= 15 is 0 Å². The first-order valence-electron chi connectivity index (χ1n) is 42.7. The topological polar surface area (TPSA) is 307 Å². The van der Waals surface area contributed by atoms with Crippen LogP contribution in [0.15, 0.2) is 158 Å². The largest absolute Gasteiger partial charge is 0.394 e. The van der Waals surface area contributed by atoms with Crippen molar-refractivity contribution in [1.82, 2.24) is 5.32 Å². The number of ether oxygens (including phenoxy) is 6. The first-order valence-corrected chi connectivity index (χ1v) is 42.7. The zero-order valence-corrected chi connectivity index (χ0v) is 67.4. The van der Waals surface area contributed by atoms with Crippen LogP contribution in [0.3, 0.4) is 0 Å². The Hall–Kier alpha value is -4.59. The van der Waals surface area contributed by atoms with Gasteiger partial charge in [-0.1, -0.05) is 307 Å². The lowest BCUT2D eigenvalue weighted by molar-refractivity contribution is -0.379. The van der Waals surface area contributed by atoms with Crippen molar-refractivity contribution < 1.29 is 89.4 Å². The zero-order valence-electron chi connectivity index (χ0n) is 67.4. The summed E-state index contributed by atoms with van der Waals surface area (Å²) in [5.74, 6) is -0.299. The van der Waals surface area contributed by atoms with E-state index in [0.29, 0.717) is 12.8 Å². The van der Waals surface area contributed by atoms with Crippen molar-refractivity contribution in [3.8, 4) is 0 Å². The van der Waals surface area contributed by atoms with Gasteiger partial charge in [-0.05, 0) is 122 Å². The molecule has 3 aliphatic rings. The van der Waals surface area contributed by atoms with Crippen molar-refractivity contribution >= 4 is 5.91 Å². The Morgan fingerprint density at radius 1 is 0.336 bits per heavy atom. The minimum Gasteiger partial charge on any atom is -0.394 e. The van der Waals surface area contributed by atoms with E-state index in [2.05, 4.69) is 165 Å². The van der Waals surface area contributed by atoms with Gasteiger partial charge in [0.05, 0.1) is 38.6 Å². The molecule has 628 valence electrons. The fraction of sp³-hybridized carbons (Fsp3) is 0.703. The van der Waals surface area contributed by atoms with Crippen LogP contribution in [0, 0.1) is 0 Å². The molecule has 19 heteroatoms. The summed E-state index contributed by atoms with van der Waals surface area (Å²) >= 11 is 0. The van der Waals surface area contributed by atoms with Crippen LogP contribution in [-0.4, -0.2) is 193 Å². The second-order valence-electron chi connectivity index (χ2n) is 29.5. The number of allylic oxidation sites excluding steroid dienone is 25. The van der Waals surface area contributed by atoms with Crippen molar-refractivity contribution in [1.29, 1.82) is 0 Å². The highest BCUT2D eigenvalue weighted by atomic mass is 16.8. The molecule has 3 heterocycles. The van der Waals surface area contributed by atoms with Crippen molar-refractivity contribution in [2.24, 2.45) is 0 Å². The normalized spacial score (nSPS) is 26.0. The van der Waals surface area contributed by atoms with Crippen molar-refractivity contribution in [3.05, 3.63) is 158 Å². The Kier molecular flexibility index (Phi) is 62.3. The van der Waals surface area contributed by atoms with E-state index in [4.69, 9.17) is 28.4 Å². The predicted molar refractivity (Wildman–Crippen MR) is 442 cm³/mol. The van der Waals surface area contributed by atoms with E-state index in [1.807, 2.05) is 6.08 Å². The van der Waals surface area contributed by atoms with E-state index in [-0.39, 0.29) is 18.9 Å². The third kappa shape index (κ3) is 47.3. The molecular formula is C91H151NO18. The number of unbranched alkanes of at least 4 members (excludes halogenated alkanes) is 26. The maximum atomic E-state index is 13.5. The Balaban J connectivity index is 1.35. The number of amides is 1. The molecule has 3 saturated heterocycles. The van der Waals surface area contributed by atoms with E-state index in [0.717, 1.165) is 122 Å². The third-order valence-corrected chi connectivity index (χ3v) is 20.0. The van der Waals surface area contributed by atoms with Gasteiger partial charge in [0.25, 0.3) is 0 Å². The average Bonchev–Trinajstić information content (AvgIpc) is 0.782. The monoisotopic (exact) mass is 1550 g/mol. The Bertz CT molecular complexity index is 2610. The smallest absolute Gasteiger partial charge is 0.220 e. The van der Waals surface area contributed by atoms with Gasteiger partial charge in [0.2, 0.25) is 5.91 Å². The number of rotatable bonds is 66. The SMILES string of the molecule is CC/C=C\C/C=C\C/C=C\C/C=C\C/C=C\C/C=C\C/C=C\C/C=C\C/C=C\C/C=C\CCCCCCCCCCCCC(=O)NC(COC1OC(CO)C(OC2OC(CO)C(OC3OC(CO)C(O)C(O)C3O)C(O)C2O)C(O)C1O)C(O)/C=C/CC/C=C/CC/C=C/CCCCCCCCCCCCCCCC. The molecule has 110 heavy (non-hydrogen) atoms. The van der Waals surface area contributed by atoms with Crippen LogP contribution in [0.1, 0.15) is 277 Å². The number of nitrogens with one attached hydrogen (secondary N) is 1. The number of aliphatic hydroxyl groups is 11. The van der Waals surface area contributed by atoms with E-state index < -0.39 is 124 Å². The van der Waals surface area contributed by atoms with Crippen molar-refractivity contribution in [3.63, 3.8) is 0 Å². The van der Waals surface area contributed by atoms with Gasteiger partial charge >= 0.3 is 0 Å². The van der Waals surface area contributed by atoms with Crippen molar-refractivity contribution in [2.75, 3.05) is 26.4 Å². The second-order valence-corrected chi connectivity index (χ2v) is 29.5. The molecule has 0 saturated carbocycles. The Morgan fingerprint density at radius 2 is 0.636 bits per heavy atom. The quantitative estimate of drug-likeness (QED) is 0.0199. The maximum Gasteiger partial charge on any atom is 0.220 e. The van der Waals surface area contributed by atoms with Gasteiger partial charge in [-0.25, -0.2) is 0 Å². The first-order chi connectivity index (χ1) is 53.8. The van der Waals surface area contributed by atoms with Gasteiger partial charge in [-0.3, -0.25) is 4.79 Å².